The van der Waals surface area contributed by atoms with Crippen LogP contribution >= 0.6 is 11.8 Å². The van der Waals surface area contributed by atoms with Gasteiger partial charge in [-0.2, -0.15) is 13.2 Å². The van der Waals surface area contributed by atoms with Gasteiger partial charge in [-0.15, -0.1) is 0 Å². The van der Waals surface area contributed by atoms with Crippen LogP contribution in [0.5, 0.6) is 0 Å². The Hall–Kier alpha value is -2.78. The molecule has 1 fully saturated rings. The summed E-state index contributed by atoms with van der Waals surface area (Å²) in [5.41, 5.74) is 0.382. The minimum absolute atomic E-state index is 0.126. The number of piperidine rings is 1. The first-order chi connectivity index (χ1) is 17.6. The predicted molar refractivity (Wildman–Crippen MR) is 141 cm³/mol. The van der Waals surface area contributed by atoms with E-state index in [-0.39, 0.29) is 18.4 Å². The lowest BCUT2D eigenvalue weighted by Gasteiger charge is -2.35. The Bertz CT molecular complexity index is 1140. The van der Waals surface area contributed by atoms with Gasteiger partial charge in [-0.05, 0) is 67.1 Å². The number of likely N-dealkylation sites (tertiary alicyclic amines) is 1. The van der Waals surface area contributed by atoms with Crippen LogP contribution < -0.4 is 10.2 Å². The second-order valence-electron chi connectivity index (χ2n) is 10.00. The van der Waals surface area contributed by atoms with Crippen LogP contribution in [-0.4, -0.2) is 49.4 Å². The number of amides is 2. The zero-order valence-electron chi connectivity index (χ0n) is 21.1. The van der Waals surface area contributed by atoms with E-state index in [1.807, 2.05) is 18.2 Å². The maximum atomic E-state index is 13.3. The van der Waals surface area contributed by atoms with Gasteiger partial charge < -0.3 is 10.2 Å². The molecule has 2 atom stereocenters. The van der Waals surface area contributed by atoms with E-state index in [1.54, 1.807) is 12.1 Å². The molecule has 9 heteroatoms. The first-order valence-corrected chi connectivity index (χ1v) is 13.4. The molecule has 2 aromatic rings. The van der Waals surface area contributed by atoms with Crippen molar-refractivity contribution in [2.45, 2.75) is 37.8 Å². The first kappa shape index (κ1) is 27.3. The summed E-state index contributed by atoms with van der Waals surface area (Å²) in [6.07, 6.45) is -0.764. The molecule has 0 saturated carbocycles. The normalized spacial score (nSPS) is 21.7. The monoisotopic (exact) mass is 531 g/mol. The summed E-state index contributed by atoms with van der Waals surface area (Å²) in [5.74, 6) is 0.775. The summed E-state index contributed by atoms with van der Waals surface area (Å²) in [5, 5.41) is 2.94. The van der Waals surface area contributed by atoms with Gasteiger partial charge in [0.2, 0.25) is 5.91 Å². The van der Waals surface area contributed by atoms with Gasteiger partial charge in [-0.3, -0.25) is 14.5 Å². The van der Waals surface area contributed by atoms with Crippen LogP contribution in [0.3, 0.4) is 0 Å². The number of hydrogen-bond acceptors (Lipinski definition) is 4. The summed E-state index contributed by atoms with van der Waals surface area (Å²) in [6, 6.07) is 12.0. The molecule has 2 aliphatic heterocycles. The van der Waals surface area contributed by atoms with Gasteiger partial charge >= 0.3 is 6.18 Å². The second kappa shape index (κ2) is 11.7. The number of nitrogens with zero attached hydrogens (tertiary/aromatic N) is 2. The number of nitrogens with one attached hydrogen (secondary N) is 1. The Balaban J connectivity index is 1.39. The number of carbonyl (C=O) groups is 2. The third-order valence-corrected chi connectivity index (χ3v) is 7.66. The molecule has 0 bridgehead atoms. The lowest BCUT2D eigenvalue weighted by atomic mass is 9.92. The highest BCUT2D eigenvalue weighted by atomic mass is 32.2. The molecule has 37 heavy (non-hydrogen) atoms. The molecular formula is C28H32F3N3O2S. The number of hydrogen-bond donors (Lipinski definition) is 1. The van der Waals surface area contributed by atoms with Crippen molar-refractivity contribution >= 4 is 35.3 Å². The smallest absolute Gasteiger partial charge is 0.355 e. The van der Waals surface area contributed by atoms with E-state index in [2.05, 4.69) is 24.1 Å². The van der Waals surface area contributed by atoms with E-state index in [0.29, 0.717) is 34.5 Å². The van der Waals surface area contributed by atoms with Crippen molar-refractivity contribution in [1.82, 2.24) is 10.2 Å². The van der Waals surface area contributed by atoms with Gasteiger partial charge in [-0.25, -0.2) is 0 Å². The summed E-state index contributed by atoms with van der Waals surface area (Å²) in [7, 11) is 0. The molecule has 198 valence electrons. The Morgan fingerprint density at radius 1 is 1.08 bits per heavy atom. The number of alkyl halides is 3. The molecule has 0 radical (unpaired) electrons. The van der Waals surface area contributed by atoms with E-state index in [0.717, 1.165) is 43.1 Å². The van der Waals surface area contributed by atoms with E-state index >= 15 is 0 Å². The molecule has 0 spiro atoms. The van der Waals surface area contributed by atoms with Gasteiger partial charge in [0, 0.05) is 24.5 Å². The molecule has 4 rings (SSSR count). The predicted octanol–water partition coefficient (Wildman–Crippen LogP) is 5.67. The number of rotatable bonds is 7. The zero-order chi connectivity index (χ0) is 26.6. The molecule has 0 unspecified atom stereocenters. The van der Waals surface area contributed by atoms with Gasteiger partial charge in [0.05, 0.1) is 16.2 Å². The molecule has 5 nitrogen and oxygen atoms in total. The van der Waals surface area contributed by atoms with Gasteiger partial charge in [0.15, 0.2) is 0 Å². The first-order valence-electron chi connectivity index (χ1n) is 12.6. The summed E-state index contributed by atoms with van der Waals surface area (Å²) >= 11 is 1.25. The maximum absolute atomic E-state index is 13.3. The SMILES string of the molecule is C[C@@H]1C[C@H](C)CN(CCCNC(=O)CN2C(=O)/C(=C/c3ccc(C(F)(F)F)cc3)Sc3ccccc32)C1. The highest BCUT2D eigenvalue weighted by Crippen LogP contribution is 2.42. The van der Waals surface area contributed by atoms with Gasteiger partial charge in [-0.1, -0.05) is 49.9 Å². The van der Waals surface area contributed by atoms with E-state index in [1.165, 1.54) is 35.2 Å². The topological polar surface area (TPSA) is 52.7 Å². The van der Waals surface area contributed by atoms with E-state index in [9.17, 15) is 22.8 Å². The largest absolute Gasteiger partial charge is 0.416 e. The third-order valence-electron chi connectivity index (χ3n) is 6.59. The van der Waals surface area contributed by atoms with E-state index in [4.69, 9.17) is 0 Å². The molecule has 0 aromatic heterocycles. The van der Waals surface area contributed by atoms with Crippen molar-refractivity contribution in [3.63, 3.8) is 0 Å². The minimum Gasteiger partial charge on any atom is -0.355 e. The fraction of sp³-hybridized carbons (Fsp3) is 0.429. The molecule has 2 heterocycles. The molecule has 1 saturated heterocycles. The molecule has 2 aromatic carbocycles. The second-order valence-corrected chi connectivity index (χ2v) is 11.1. The molecule has 0 aliphatic carbocycles. The number of fused-ring (bicyclic) bond motifs is 1. The van der Waals surface area contributed by atoms with Crippen LogP contribution in [0.25, 0.3) is 6.08 Å². The Kier molecular flexibility index (Phi) is 8.64. The van der Waals surface area contributed by atoms with Crippen LogP contribution in [0.4, 0.5) is 18.9 Å². The molecule has 2 amide bonds. The van der Waals surface area contributed by atoms with Crippen molar-refractivity contribution in [2.24, 2.45) is 11.8 Å². The van der Waals surface area contributed by atoms with Crippen molar-refractivity contribution in [3.8, 4) is 0 Å². The highest BCUT2D eigenvalue weighted by molar-refractivity contribution is 8.04. The van der Waals surface area contributed by atoms with Crippen LogP contribution in [0.15, 0.2) is 58.3 Å². The van der Waals surface area contributed by atoms with Crippen molar-refractivity contribution < 1.29 is 22.8 Å². The van der Waals surface area contributed by atoms with Crippen molar-refractivity contribution in [2.75, 3.05) is 37.6 Å². The van der Waals surface area contributed by atoms with Crippen LogP contribution in [0.1, 0.15) is 37.8 Å². The Morgan fingerprint density at radius 3 is 2.43 bits per heavy atom. The fourth-order valence-corrected chi connectivity index (χ4v) is 6.10. The summed E-state index contributed by atoms with van der Waals surface area (Å²) in [6.45, 7) is 8.06. The van der Waals surface area contributed by atoms with Crippen molar-refractivity contribution in [3.05, 3.63) is 64.6 Å². The number of thioether (sulfide) groups is 1. The Morgan fingerprint density at radius 2 is 1.76 bits per heavy atom. The minimum atomic E-state index is -4.42. The van der Waals surface area contributed by atoms with Crippen molar-refractivity contribution in [1.29, 1.82) is 0 Å². The average molecular weight is 532 g/mol. The molecule has 1 N–H and O–H groups in total. The third kappa shape index (κ3) is 7.17. The molecule has 2 aliphatic rings. The fourth-order valence-electron chi connectivity index (χ4n) is 5.04. The number of halogens is 3. The van der Waals surface area contributed by atoms with Gasteiger partial charge in [0.25, 0.3) is 5.91 Å². The number of benzene rings is 2. The van der Waals surface area contributed by atoms with Crippen LogP contribution in [0.2, 0.25) is 0 Å². The van der Waals surface area contributed by atoms with E-state index < -0.39 is 11.7 Å². The quantitative estimate of drug-likeness (QED) is 0.370. The number of para-hydroxylation sites is 1. The lowest BCUT2D eigenvalue weighted by molar-refractivity contribution is -0.137. The lowest BCUT2D eigenvalue weighted by Crippen LogP contribution is -2.43. The molecular weight excluding hydrogens is 499 g/mol. The summed E-state index contributed by atoms with van der Waals surface area (Å²) in [4.78, 5) is 31.1. The van der Waals surface area contributed by atoms with Gasteiger partial charge in [0.1, 0.15) is 6.54 Å². The van der Waals surface area contributed by atoms with Crippen LogP contribution in [0, 0.1) is 11.8 Å². The zero-order valence-corrected chi connectivity index (χ0v) is 21.9. The number of carbonyl (C=O) groups excluding carboxylic acids is 2. The average Bonchev–Trinajstić information content (AvgIpc) is 2.83. The Labute approximate surface area is 220 Å². The number of anilines is 1. The summed E-state index contributed by atoms with van der Waals surface area (Å²) < 4.78 is 38.7. The maximum Gasteiger partial charge on any atom is 0.416 e. The van der Waals surface area contributed by atoms with Crippen LogP contribution in [-0.2, 0) is 15.8 Å². The standard InChI is InChI=1S/C28H32F3N3O2S/c1-19-14-20(2)17-33(16-19)13-5-12-32-26(35)18-34-23-6-3-4-7-24(23)37-25(27(34)36)15-21-8-10-22(11-9-21)28(29,30)31/h3-4,6-11,15,19-20H,5,12-14,16-18H2,1-2H3,(H,32,35)/b25-15-/t19-,20+. The highest BCUT2D eigenvalue weighted by Gasteiger charge is 2.32.